The Kier molecular flexibility index (Phi) is 3.61. The minimum Gasteiger partial charge on any atom is -0.384 e. The summed E-state index contributed by atoms with van der Waals surface area (Å²) in [6.45, 7) is 5.27. The van der Waals surface area contributed by atoms with Crippen LogP contribution in [0.25, 0.3) is 0 Å². The molecule has 1 aromatic heterocycles. The molecule has 1 heterocycles. The summed E-state index contributed by atoms with van der Waals surface area (Å²) in [6.07, 6.45) is 3.00. The van der Waals surface area contributed by atoms with E-state index in [9.17, 15) is 0 Å². The highest BCUT2D eigenvalue weighted by molar-refractivity contribution is 5.54. The van der Waals surface area contributed by atoms with Gasteiger partial charge in [-0.05, 0) is 13.0 Å². The Bertz CT molecular complexity index is 377. The minimum absolute atomic E-state index is 0.204. The Labute approximate surface area is 88.1 Å². The third-order valence-electron chi connectivity index (χ3n) is 1.38. The first-order chi connectivity index (χ1) is 7.08. The van der Waals surface area contributed by atoms with Crippen LogP contribution in [-0.2, 0) is 0 Å². The van der Waals surface area contributed by atoms with Gasteiger partial charge in [0.1, 0.15) is 12.2 Å². The van der Waals surface area contributed by atoms with Crippen LogP contribution in [0.5, 0.6) is 6.01 Å². The quantitative estimate of drug-likeness (QED) is 0.441. The lowest BCUT2D eigenvalue weighted by Gasteiger charge is -2.11. The van der Waals surface area contributed by atoms with Crippen molar-refractivity contribution < 1.29 is 4.84 Å². The Morgan fingerprint density at radius 2 is 2.47 bits per heavy atom. The molecule has 0 fully saturated rings. The molecular formula is C9H13N5O. The van der Waals surface area contributed by atoms with Gasteiger partial charge < -0.3 is 10.6 Å². The van der Waals surface area contributed by atoms with Crippen LogP contribution in [-0.4, -0.2) is 28.4 Å². The molecule has 15 heavy (non-hydrogen) atoms. The molecule has 2 N–H and O–H groups in total. The normalized spacial score (nSPS) is 10.3. The van der Waals surface area contributed by atoms with Gasteiger partial charge in [-0.3, -0.25) is 0 Å². The average molecular weight is 207 g/mol. The van der Waals surface area contributed by atoms with Gasteiger partial charge in [0, 0.05) is 18.9 Å². The molecule has 0 saturated carbocycles. The van der Waals surface area contributed by atoms with E-state index in [0.29, 0.717) is 0 Å². The van der Waals surface area contributed by atoms with Gasteiger partial charge in [-0.2, -0.15) is 10.0 Å². The number of nitrogens with zero attached hydrogens (tertiary/aromatic N) is 4. The molecule has 0 bridgehead atoms. The van der Waals surface area contributed by atoms with Crippen LogP contribution < -0.4 is 10.6 Å². The van der Waals surface area contributed by atoms with Gasteiger partial charge in [-0.25, -0.2) is 9.98 Å². The van der Waals surface area contributed by atoms with Crippen LogP contribution in [0.4, 0.5) is 0 Å². The van der Waals surface area contributed by atoms with Crippen LogP contribution in [0.3, 0.4) is 0 Å². The zero-order valence-electron chi connectivity index (χ0n) is 8.71. The molecular weight excluding hydrogens is 194 g/mol. The van der Waals surface area contributed by atoms with Gasteiger partial charge in [-0.1, -0.05) is 6.58 Å². The number of aromatic nitrogens is 2. The van der Waals surface area contributed by atoms with Gasteiger partial charge >= 0.3 is 6.01 Å². The molecule has 0 unspecified atom stereocenters. The summed E-state index contributed by atoms with van der Waals surface area (Å²) >= 11 is 0. The molecule has 0 aliphatic heterocycles. The zero-order chi connectivity index (χ0) is 11.3. The van der Waals surface area contributed by atoms with Crippen molar-refractivity contribution in [3.05, 3.63) is 30.4 Å². The SMILES string of the molecule is C=C(N)/N=C\N(C)Oc1nccc(C)n1. The van der Waals surface area contributed by atoms with Crippen molar-refractivity contribution in [3.8, 4) is 6.01 Å². The van der Waals surface area contributed by atoms with Crippen LogP contribution in [0.2, 0.25) is 0 Å². The summed E-state index contributed by atoms with van der Waals surface area (Å²) in [6, 6.07) is 2.04. The molecule has 0 saturated heterocycles. The van der Waals surface area contributed by atoms with Crippen LogP contribution >= 0.6 is 0 Å². The van der Waals surface area contributed by atoms with E-state index in [-0.39, 0.29) is 11.8 Å². The van der Waals surface area contributed by atoms with E-state index in [4.69, 9.17) is 10.6 Å². The summed E-state index contributed by atoms with van der Waals surface area (Å²) in [7, 11) is 1.65. The topological polar surface area (TPSA) is 76.6 Å². The Morgan fingerprint density at radius 3 is 3.07 bits per heavy atom. The number of hydrogen-bond donors (Lipinski definition) is 1. The molecule has 0 aliphatic carbocycles. The lowest BCUT2D eigenvalue weighted by atomic mass is 10.5. The van der Waals surface area contributed by atoms with Gasteiger partial charge in [0.05, 0.1) is 0 Å². The minimum atomic E-state index is 0.204. The van der Waals surface area contributed by atoms with Crippen molar-refractivity contribution in [1.29, 1.82) is 0 Å². The first-order valence-electron chi connectivity index (χ1n) is 4.27. The Morgan fingerprint density at radius 1 is 1.73 bits per heavy atom. The highest BCUT2D eigenvalue weighted by atomic mass is 16.7. The molecule has 80 valence electrons. The number of aryl methyl sites for hydroxylation is 1. The number of aliphatic imine (C=N–C) groups is 1. The third kappa shape index (κ3) is 4.08. The Balaban J connectivity index is 2.58. The zero-order valence-corrected chi connectivity index (χ0v) is 8.71. The van der Waals surface area contributed by atoms with E-state index in [2.05, 4.69) is 21.5 Å². The van der Waals surface area contributed by atoms with Crippen molar-refractivity contribution >= 4 is 6.34 Å². The second kappa shape index (κ2) is 4.94. The fourth-order valence-corrected chi connectivity index (χ4v) is 0.778. The summed E-state index contributed by atoms with van der Waals surface area (Å²) in [5.74, 6) is 0.204. The van der Waals surface area contributed by atoms with E-state index in [1.807, 2.05) is 6.92 Å². The van der Waals surface area contributed by atoms with Gasteiger partial charge in [0.2, 0.25) is 0 Å². The van der Waals surface area contributed by atoms with Gasteiger partial charge in [0.15, 0.2) is 0 Å². The van der Waals surface area contributed by atoms with Gasteiger partial charge in [0.25, 0.3) is 0 Å². The van der Waals surface area contributed by atoms with E-state index in [1.165, 1.54) is 11.4 Å². The van der Waals surface area contributed by atoms with Crippen molar-refractivity contribution in [2.75, 3.05) is 7.05 Å². The van der Waals surface area contributed by atoms with E-state index >= 15 is 0 Å². The number of hydroxylamine groups is 2. The third-order valence-corrected chi connectivity index (χ3v) is 1.38. The maximum absolute atomic E-state index is 5.25. The lowest BCUT2D eigenvalue weighted by Crippen LogP contribution is -2.22. The molecule has 0 atom stereocenters. The molecule has 0 spiro atoms. The van der Waals surface area contributed by atoms with Gasteiger partial charge in [-0.15, -0.1) is 0 Å². The summed E-state index contributed by atoms with van der Waals surface area (Å²) < 4.78 is 0. The van der Waals surface area contributed by atoms with Crippen LogP contribution in [0.1, 0.15) is 5.69 Å². The smallest absolute Gasteiger partial charge is 0.343 e. The fourth-order valence-electron chi connectivity index (χ4n) is 0.778. The molecule has 0 radical (unpaired) electrons. The predicted octanol–water partition coefficient (Wildman–Crippen LogP) is 0.469. The molecule has 0 aromatic carbocycles. The lowest BCUT2D eigenvalue weighted by molar-refractivity contribution is 0.0412. The molecule has 6 nitrogen and oxygen atoms in total. The summed E-state index contributed by atoms with van der Waals surface area (Å²) in [5, 5.41) is 1.34. The summed E-state index contributed by atoms with van der Waals surface area (Å²) in [4.78, 5) is 16.9. The first kappa shape index (κ1) is 11.0. The van der Waals surface area contributed by atoms with Crippen LogP contribution in [0.15, 0.2) is 29.7 Å². The largest absolute Gasteiger partial charge is 0.384 e. The second-order valence-electron chi connectivity index (χ2n) is 2.85. The number of nitrogens with two attached hydrogens (primary N) is 1. The van der Waals surface area contributed by atoms with Crippen molar-refractivity contribution in [1.82, 2.24) is 15.0 Å². The highest BCUT2D eigenvalue weighted by Gasteiger charge is 1.99. The molecule has 1 rings (SSSR count). The number of hydrogen-bond acceptors (Lipinski definition) is 5. The second-order valence-corrected chi connectivity index (χ2v) is 2.85. The number of rotatable bonds is 4. The molecule has 1 aromatic rings. The highest BCUT2D eigenvalue weighted by Crippen LogP contribution is 2.02. The van der Waals surface area contributed by atoms with Crippen LogP contribution in [0, 0.1) is 6.92 Å². The van der Waals surface area contributed by atoms with Crippen molar-refractivity contribution in [2.24, 2.45) is 10.7 Å². The molecule has 0 aliphatic rings. The Hall–Kier alpha value is -2.11. The standard InChI is InChI=1S/C9H13N5O/c1-7-4-5-11-9(13-7)15-14(3)6-12-8(2)10/h4-6H,2,10H2,1,3H3/b12-6-. The van der Waals surface area contributed by atoms with E-state index in [0.717, 1.165) is 5.69 Å². The van der Waals surface area contributed by atoms with Crippen molar-refractivity contribution in [2.45, 2.75) is 6.92 Å². The molecule has 0 amide bonds. The predicted molar refractivity (Wildman–Crippen MR) is 57.0 cm³/mol. The monoisotopic (exact) mass is 207 g/mol. The van der Waals surface area contributed by atoms with Crippen molar-refractivity contribution in [3.63, 3.8) is 0 Å². The first-order valence-corrected chi connectivity index (χ1v) is 4.27. The fraction of sp³-hybridized carbons (Fsp3) is 0.222. The average Bonchev–Trinajstić information content (AvgIpc) is 2.15. The maximum Gasteiger partial charge on any atom is 0.343 e. The maximum atomic E-state index is 5.25. The van der Waals surface area contributed by atoms with E-state index in [1.54, 1.807) is 19.3 Å². The molecule has 6 heteroatoms. The van der Waals surface area contributed by atoms with E-state index < -0.39 is 0 Å². The summed E-state index contributed by atoms with van der Waals surface area (Å²) in [5.41, 5.74) is 6.08.